The molecule has 3 rings (SSSR count). The molecule has 0 fully saturated rings. The fourth-order valence-electron chi connectivity index (χ4n) is 1.41. The van der Waals surface area contributed by atoms with Gasteiger partial charge in [0.25, 0.3) is 0 Å². The molecule has 1 aliphatic rings. The summed E-state index contributed by atoms with van der Waals surface area (Å²) in [5.74, 6) is 0.598. The fraction of sp³-hybridized carbons (Fsp3) is 0. The van der Waals surface area contributed by atoms with Crippen molar-refractivity contribution in [2.24, 2.45) is 0 Å². The van der Waals surface area contributed by atoms with Crippen molar-refractivity contribution in [3.05, 3.63) is 35.7 Å². The van der Waals surface area contributed by atoms with E-state index in [9.17, 15) is 0 Å². The van der Waals surface area contributed by atoms with Crippen molar-refractivity contribution in [1.29, 1.82) is 0 Å². The number of benzene rings is 1. The molecule has 1 aliphatic heterocycles. The Balaban J connectivity index is 2.04. The van der Waals surface area contributed by atoms with E-state index in [1.165, 1.54) is 0 Å². The molecule has 67 valence electrons. The van der Waals surface area contributed by atoms with Gasteiger partial charge in [-0.1, -0.05) is 18.2 Å². The molecule has 1 aromatic carbocycles. The highest BCUT2D eigenvalue weighted by molar-refractivity contribution is 5.89. The third-order valence-corrected chi connectivity index (χ3v) is 2.06. The maximum absolute atomic E-state index is 4.38. The number of tetrazole rings is 1. The molecule has 0 bridgehead atoms. The highest BCUT2D eigenvalue weighted by Crippen LogP contribution is 2.29. The summed E-state index contributed by atoms with van der Waals surface area (Å²) in [7, 11) is 0. The Labute approximate surface area is 79.8 Å². The Bertz CT molecular complexity index is 486. The third kappa shape index (κ3) is 0.990. The summed E-state index contributed by atoms with van der Waals surface area (Å²) >= 11 is 0. The molecule has 0 saturated heterocycles. The molecule has 2 heterocycles. The van der Waals surface area contributed by atoms with Crippen LogP contribution in [0.4, 0.5) is 5.69 Å². The first-order chi connectivity index (χ1) is 6.93. The summed E-state index contributed by atoms with van der Waals surface area (Å²) in [6, 6.07) is 7.91. The van der Waals surface area contributed by atoms with Crippen LogP contribution in [0.25, 0.3) is 11.8 Å². The number of nitrogens with zero attached hydrogens (tertiary/aromatic N) is 4. The first-order valence-corrected chi connectivity index (χ1v) is 4.20. The second-order valence-electron chi connectivity index (χ2n) is 2.95. The van der Waals surface area contributed by atoms with E-state index in [0.29, 0.717) is 5.82 Å². The van der Waals surface area contributed by atoms with Gasteiger partial charge in [0.05, 0.1) is 5.69 Å². The van der Waals surface area contributed by atoms with Gasteiger partial charge >= 0.3 is 0 Å². The second-order valence-corrected chi connectivity index (χ2v) is 2.95. The van der Waals surface area contributed by atoms with Crippen molar-refractivity contribution in [3.63, 3.8) is 0 Å². The van der Waals surface area contributed by atoms with Crippen LogP contribution >= 0.6 is 0 Å². The van der Waals surface area contributed by atoms with Crippen LogP contribution in [0.1, 0.15) is 11.4 Å². The largest absolute Gasteiger partial charge is 0.244 e. The third-order valence-electron chi connectivity index (χ3n) is 2.06. The molecule has 0 amide bonds. The maximum atomic E-state index is 4.38. The van der Waals surface area contributed by atoms with Crippen LogP contribution in [0.15, 0.2) is 24.3 Å². The van der Waals surface area contributed by atoms with Crippen molar-refractivity contribution in [3.8, 4) is 0 Å². The number of hydrogen-bond donors (Lipinski definition) is 1. The molecule has 1 aromatic heterocycles. The van der Waals surface area contributed by atoms with E-state index in [4.69, 9.17) is 0 Å². The molecule has 1 radical (unpaired) electrons. The lowest BCUT2D eigenvalue weighted by molar-refractivity contribution is 0.881. The smallest absolute Gasteiger partial charge is 0.198 e. The molecule has 2 aromatic rings. The lowest BCUT2D eigenvalue weighted by atomic mass is 10.2. The quantitative estimate of drug-likeness (QED) is 0.717. The van der Waals surface area contributed by atoms with Crippen molar-refractivity contribution in [1.82, 2.24) is 25.9 Å². The van der Waals surface area contributed by atoms with E-state index in [1.54, 1.807) is 0 Å². The minimum atomic E-state index is 0.598. The van der Waals surface area contributed by atoms with Crippen LogP contribution in [-0.4, -0.2) is 20.6 Å². The number of rotatable bonds is 1. The van der Waals surface area contributed by atoms with Gasteiger partial charge in [0.2, 0.25) is 0 Å². The first kappa shape index (κ1) is 7.25. The summed E-state index contributed by atoms with van der Waals surface area (Å²) in [6.07, 6.45) is 1.96. The van der Waals surface area contributed by atoms with E-state index >= 15 is 0 Å². The summed E-state index contributed by atoms with van der Waals surface area (Å²) in [5.41, 5.74) is 2.83. The van der Waals surface area contributed by atoms with Gasteiger partial charge < -0.3 is 0 Å². The molecule has 0 saturated carbocycles. The predicted molar refractivity (Wildman–Crippen MR) is 50.3 cm³/mol. The van der Waals surface area contributed by atoms with Gasteiger partial charge in [-0.3, -0.25) is 0 Å². The van der Waals surface area contributed by atoms with Gasteiger partial charge in [0.1, 0.15) is 5.70 Å². The van der Waals surface area contributed by atoms with Crippen molar-refractivity contribution < 1.29 is 0 Å². The monoisotopic (exact) mass is 184 g/mol. The van der Waals surface area contributed by atoms with E-state index in [2.05, 4.69) is 25.9 Å². The predicted octanol–water partition coefficient (Wildman–Crippen LogP) is 0.947. The number of aromatic amines is 1. The van der Waals surface area contributed by atoms with Gasteiger partial charge in [0, 0.05) is 5.56 Å². The van der Waals surface area contributed by atoms with Crippen molar-refractivity contribution in [2.45, 2.75) is 0 Å². The zero-order valence-electron chi connectivity index (χ0n) is 7.18. The zero-order chi connectivity index (χ0) is 9.38. The average molecular weight is 184 g/mol. The molecule has 0 unspecified atom stereocenters. The number of fused-ring (bicyclic) bond motifs is 1. The first-order valence-electron chi connectivity index (χ1n) is 4.20. The molecule has 5 heteroatoms. The summed E-state index contributed by atoms with van der Waals surface area (Å²) in [6.45, 7) is 0. The van der Waals surface area contributed by atoms with Crippen molar-refractivity contribution >= 4 is 17.5 Å². The Hall–Kier alpha value is -2.17. The van der Waals surface area contributed by atoms with E-state index < -0.39 is 0 Å². The van der Waals surface area contributed by atoms with Gasteiger partial charge in [-0.25, -0.2) is 10.4 Å². The molecule has 0 spiro atoms. The van der Waals surface area contributed by atoms with Crippen LogP contribution < -0.4 is 5.32 Å². The topological polar surface area (TPSA) is 68.6 Å². The van der Waals surface area contributed by atoms with E-state index in [0.717, 1.165) is 16.9 Å². The lowest BCUT2D eigenvalue weighted by Crippen LogP contribution is -1.94. The molecule has 1 N–H and O–H groups in total. The van der Waals surface area contributed by atoms with Crippen LogP contribution in [0.5, 0.6) is 0 Å². The molecule has 14 heavy (non-hydrogen) atoms. The van der Waals surface area contributed by atoms with E-state index in [1.807, 2.05) is 30.3 Å². The Morgan fingerprint density at radius 2 is 2.07 bits per heavy atom. The fourth-order valence-corrected chi connectivity index (χ4v) is 1.41. The standard InChI is InChI=1S/C9H6N5/c1-2-4-7-6(3-1)5-8(10-7)9-11-13-14-12-9/h1-5H,(H,11,12,13,14). The number of aromatic nitrogens is 4. The molecular formula is C9H6N5. The molecule has 0 atom stereocenters. The maximum Gasteiger partial charge on any atom is 0.198 e. The normalized spacial score (nSPS) is 13.3. The number of hydrogen-bond acceptors (Lipinski definition) is 3. The SMILES string of the molecule is C1=C(c2nnn[nH]2)[N]c2ccccc21. The van der Waals surface area contributed by atoms with Crippen LogP contribution in [0.2, 0.25) is 0 Å². The van der Waals surface area contributed by atoms with Gasteiger partial charge in [-0.05, 0) is 22.6 Å². The molecular weight excluding hydrogens is 178 g/mol. The highest BCUT2D eigenvalue weighted by atomic mass is 15.5. The van der Waals surface area contributed by atoms with Gasteiger partial charge in [0.15, 0.2) is 5.82 Å². The van der Waals surface area contributed by atoms with Crippen LogP contribution in [0, 0.1) is 0 Å². The number of nitrogens with one attached hydrogen (secondary N) is 1. The Morgan fingerprint density at radius 1 is 1.14 bits per heavy atom. The van der Waals surface area contributed by atoms with Crippen LogP contribution in [-0.2, 0) is 0 Å². The summed E-state index contributed by atoms with van der Waals surface area (Å²) in [5, 5.41) is 17.9. The summed E-state index contributed by atoms with van der Waals surface area (Å²) < 4.78 is 0. The summed E-state index contributed by atoms with van der Waals surface area (Å²) in [4.78, 5) is 0. The average Bonchev–Trinajstić information content (AvgIpc) is 2.86. The Morgan fingerprint density at radius 3 is 2.86 bits per heavy atom. The van der Waals surface area contributed by atoms with Crippen LogP contribution in [0.3, 0.4) is 0 Å². The Kier molecular flexibility index (Phi) is 1.38. The zero-order valence-corrected chi connectivity index (χ0v) is 7.18. The molecule has 0 aliphatic carbocycles. The minimum Gasteiger partial charge on any atom is -0.244 e. The van der Waals surface area contributed by atoms with Crippen molar-refractivity contribution in [2.75, 3.05) is 0 Å². The van der Waals surface area contributed by atoms with Gasteiger partial charge in [-0.2, -0.15) is 0 Å². The van der Waals surface area contributed by atoms with E-state index in [-0.39, 0.29) is 0 Å². The second kappa shape index (κ2) is 2.66. The lowest BCUT2D eigenvalue weighted by Gasteiger charge is -1.96. The minimum absolute atomic E-state index is 0.598. The molecule has 5 nitrogen and oxygen atoms in total. The number of H-pyrrole nitrogens is 1. The number of para-hydroxylation sites is 1. The highest BCUT2D eigenvalue weighted by Gasteiger charge is 2.16. The van der Waals surface area contributed by atoms with Gasteiger partial charge in [-0.15, -0.1) is 5.10 Å².